The molecule has 2 N–H and O–H groups in total. The van der Waals surface area contributed by atoms with Crippen LogP contribution >= 0.6 is 0 Å². The van der Waals surface area contributed by atoms with Gasteiger partial charge in [-0.3, -0.25) is 4.79 Å². The highest BCUT2D eigenvalue weighted by atomic mass is 19.1. The van der Waals surface area contributed by atoms with Crippen LogP contribution in [0.2, 0.25) is 0 Å². The lowest BCUT2D eigenvalue weighted by Crippen LogP contribution is -2.23. The summed E-state index contributed by atoms with van der Waals surface area (Å²) in [5.74, 6) is -0.971. The third-order valence-electron chi connectivity index (χ3n) is 2.99. The monoisotopic (exact) mass is 250 g/mol. The first-order valence-corrected chi connectivity index (χ1v) is 5.76. The zero-order valence-corrected chi connectivity index (χ0v) is 10.1. The number of carbonyl (C=O) groups excluding carboxylic acids is 1. The van der Waals surface area contributed by atoms with Crippen molar-refractivity contribution in [3.05, 3.63) is 36.2 Å². The van der Waals surface area contributed by atoms with Crippen LogP contribution in [0.3, 0.4) is 0 Å². The Kier molecular flexibility index (Phi) is 3.34. The normalized spacial score (nSPS) is 17.3. The first-order chi connectivity index (χ1) is 8.58. The van der Waals surface area contributed by atoms with Gasteiger partial charge in [0.2, 0.25) is 0 Å². The number of nitrogens with one attached hydrogen (secondary N) is 1. The molecule has 1 atom stereocenters. The molecular weight excluding hydrogens is 235 g/mol. The summed E-state index contributed by atoms with van der Waals surface area (Å²) in [6.07, 6.45) is 0.405. The van der Waals surface area contributed by atoms with Gasteiger partial charge in [-0.1, -0.05) is 6.08 Å². The minimum Gasteiger partial charge on any atom is -0.378 e. The second kappa shape index (κ2) is 4.78. The average Bonchev–Trinajstić information content (AvgIpc) is 2.62. The van der Waals surface area contributed by atoms with Crippen LogP contribution < -0.4 is 10.2 Å². The van der Waals surface area contributed by atoms with Crippen molar-refractivity contribution in [2.75, 3.05) is 23.3 Å². The SMILES string of the molecule is C=CCN(CC)c1cc2c(cc1F)C(O)C(=O)N2. The molecule has 96 valence electrons. The Bertz CT molecular complexity index is 502. The van der Waals surface area contributed by atoms with E-state index in [1.54, 1.807) is 17.0 Å². The fourth-order valence-corrected chi connectivity index (χ4v) is 2.05. The molecule has 0 fully saturated rings. The number of halogens is 1. The van der Waals surface area contributed by atoms with Crippen molar-refractivity contribution < 1.29 is 14.3 Å². The number of fused-ring (bicyclic) bond motifs is 1. The van der Waals surface area contributed by atoms with Crippen molar-refractivity contribution in [1.29, 1.82) is 0 Å². The Balaban J connectivity index is 2.43. The number of nitrogens with zero attached hydrogens (tertiary/aromatic N) is 1. The van der Waals surface area contributed by atoms with Crippen LogP contribution in [0.25, 0.3) is 0 Å². The van der Waals surface area contributed by atoms with Gasteiger partial charge in [-0.25, -0.2) is 4.39 Å². The lowest BCUT2D eigenvalue weighted by Gasteiger charge is -2.22. The first-order valence-electron chi connectivity index (χ1n) is 5.76. The first kappa shape index (κ1) is 12.6. The second-order valence-corrected chi connectivity index (χ2v) is 4.11. The number of carbonyl (C=O) groups is 1. The van der Waals surface area contributed by atoms with E-state index in [-0.39, 0.29) is 5.56 Å². The van der Waals surface area contributed by atoms with Gasteiger partial charge in [0.05, 0.1) is 5.69 Å². The molecule has 0 aliphatic carbocycles. The van der Waals surface area contributed by atoms with E-state index in [1.807, 2.05) is 6.92 Å². The van der Waals surface area contributed by atoms with Crippen LogP contribution in [0.1, 0.15) is 18.6 Å². The van der Waals surface area contributed by atoms with Gasteiger partial charge < -0.3 is 15.3 Å². The second-order valence-electron chi connectivity index (χ2n) is 4.11. The number of benzene rings is 1. The van der Waals surface area contributed by atoms with Gasteiger partial charge in [0.15, 0.2) is 6.10 Å². The fraction of sp³-hybridized carbons (Fsp3) is 0.308. The lowest BCUT2D eigenvalue weighted by molar-refractivity contribution is -0.123. The average molecular weight is 250 g/mol. The Morgan fingerprint density at radius 3 is 2.94 bits per heavy atom. The molecule has 1 aliphatic heterocycles. The third kappa shape index (κ3) is 1.97. The van der Waals surface area contributed by atoms with E-state index >= 15 is 0 Å². The van der Waals surface area contributed by atoms with Crippen LogP contribution in [-0.4, -0.2) is 24.1 Å². The van der Waals surface area contributed by atoms with Gasteiger partial charge in [-0.15, -0.1) is 6.58 Å². The number of anilines is 2. The Morgan fingerprint density at radius 2 is 2.33 bits per heavy atom. The van der Waals surface area contributed by atoms with Crippen molar-refractivity contribution in [1.82, 2.24) is 0 Å². The van der Waals surface area contributed by atoms with E-state index in [2.05, 4.69) is 11.9 Å². The minimum atomic E-state index is -1.28. The molecule has 2 rings (SSSR count). The highest BCUT2D eigenvalue weighted by Gasteiger charge is 2.30. The summed E-state index contributed by atoms with van der Waals surface area (Å²) in [5, 5.41) is 12.1. The van der Waals surface area contributed by atoms with Gasteiger partial charge in [0.25, 0.3) is 5.91 Å². The van der Waals surface area contributed by atoms with Crippen molar-refractivity contribution in [3.63, 3.8) is 0 Å². The summed E-state index contributed by atoms with van der Waals surface area (Å²) in [5.41, 5.74) is 1.15. The lowest BCUT2D eigenvalue weighted by atomic mass is 10.1. The van der Waals surface area contributed by atoms with E-state index in [4.69, 9.17) is 0 Å². The van der Waals surface area contributed by atoms with E-state index < -0.39 is 17.8 Å². The molecule has 1 aromatic rings. The largest absolute Gasteiger partial charge is 0.378 e. The van der Waals surface area contributed by atoms with E-state index in [9.17, 15) is 14.3 Å². The van der Waals surface area contributed by atoms with Gasteiger partial charge in [-0.2, -0.15) is 0 Å². The minimum absolute atomic E-state index is 0.288. The smallest absolute Gasteiger partial charge is 0.257 e. The molecule has 4 nitrogen and oxygen atoms in total. The maximum absolute atomic E-state index is 14.0. The topological polar surface area (TPSA) is 52.6 Å². The number of amides is 1. The number of likely N-dealkylation sites (N-methyl/N-ethyl adjacent to an activating group) is 1. The molecule has 0 saturated heterocycles. The molecule has 0 aromatic heterocycles. The van der Waals surface area contributed by atoms with Crippen LogP contribution in [-0.2, 0) is 4.79 Å². The molecule has 1 heterocycles. The quantitative estimate of drug-likeness (QED) is 0.801. The van der Waals surface area contributed by atoms with Crippen molar-refractivity contribution in [2.24, 2.45) is 0 Å². The molecule has 1 unspecified atom stereocenters. The molecule has 1 amide bonds. The zero-order valence-electron chi connectivity index (χ0n) is 10.1. The summed E-state index contributed by atoms with van der Waals surface area (Å²) < 4.78 is 14.0. The summed E-state index contributed by atoms with van der Waals surface area (Å²) in [4.78, 5) is 13.1. The molecule has 0 radical (unpaired) electrons. The number of aliphatic hydroxyl groups excluding tert-OH is 1. The van der Waals surface area contributed by atoms with Crippen LogP contribution in [0.5, 0.6) is 0 Å². The van der Waals surface area contributed by atoms with Crippen molar-refractivity contribution in [2.45, 2.75) is 13.0 Å². The molecule has 0 bridgehead atoms. The van der Waals surface area contributed by atoms with Gasteiger partial charge in [0.1, 0.15) is 5.82 Å². The van der Waals surface area contributed by atoms with Gasteiger partial charge in [-0.05, 0) is 19.1 Å². The van der Waals surface area contributed by atoms with Crippen LogP contribution in [0, 0.1) is 5.82 Å². The number of hydrogen-bond acceptors (Lipinski definition) is 3. The molecule has 0 saturated carbocycles. The van der Waals surface area contributed by atoms with Crippen LogP contribution in [0.15, 0.2) is 24.8 Å². The molecule has 1 aromatic carbocycles. The molecule has 0 spiro atoms. The zero-order chi connectivity index (χ0) is 13.3. The highest BCUT2D eigenvalue weighted by Crippen LogP contribution is 2.35. The molecule has 1 aliphatic rings. The van der Waals surface area contributed by atoms with Crippen molar-refractivity contribution in [3.8, 4) is 0 Å². The standard InChI is InChI=1S/C13H15FN2O2/c1-3-5-16(4-2)11-7-10-8(6-9(11)14)12(17)13(18)15-10/h3,6-7,12,17H,1,4-5H2,2H3,(H,15,18). The Morgan fingerprint density at radius 1 is 1.61 bits per heavy atom. The van der Waals surface area contributed by atoms with Gasteiger partial charge in [0, 0.05) is 24.3 Å². The summed E-state index contributed by atoms with van der Waals surface area (Å²) in [7, 11) is 0. The molecular formula is C13H15FN2O2. The predicted octanol–water partition coefficient (Wildman–Crippen LogP) is 1.82. The number of aliphatic hydroxyl groups is 1. The number of hydrogen-bond donors (Lipinski definition) is 2. The van der Waals surface area contributed by atoms with E-state index in [1.165, 1.54) is 6.07 Å². The summed E-state index contributed by atoms with van der Waals surface area (Å²) in [6, 6.07) is 2.75. The Hall–Kier alpha value is -1.88. The maximum Gasteiger partial charge on any atom is 0.257 e. The summed E-state index contributed by atoms with van der Waals surface area (Å²) in [6.45, 7) is 6.67. The Labute approximate surface area is 105 Å². The maximum atomic E-state index is 14.0. The van der Waals surface area contributed by atoms with E-state index in [0.717, 1.165) is 0 Å². The highest BCUT2D eigenvalue weighted by molar-refractivity contribution is 6.02. The van der Waals surface area contributed by atoms with Crippen LogP contribution in [0.4, 0.5) is 15.8 Å². The number of rotatable bonds is 4. The summed E-state index contributed by atoms with van der Waals surface area (Å²) >= 11 is 0. The molecule has 5 heteroatoms. The van der Waals surface area contributed by atoms with E-state index in [0.29, 0.717) is 24.5 Å². The predicted molar refractivity (Wildman–Crippen MR) is 68.1 cm³/mol. The fourth-order valence-electron chi connectivity index (χ4n) is 2.05. The third-order valence-corrected chi connectivity index (χ3v) is 2.99. The van der Waals surface area contributed by atoms with Crippen molar-refractivity contribution >= 4 is 17.3 Å². The van der Waals surface area contributed by atoms with Gasteiger partial charge >= 0.3 is 0 Å². The molecule has 18 heavy (non-hydrogen) atoms.